The third-order valence-corrected chi connectivity index (χ3v) is 10.3. The van der Waals surface area contributed by atoms with Crippen molar-refractivity contribution in [2.45, 2.75) is 47.4 Å². The summed E-state index contributed by atoms with van der Waals surface area (Å²) < 4.78 is 127. The fourth-order valence-corrected chi connectivity index (χ4v) is 7.46. The van der Waals surface area contributed by atoms with Crippen LogP contribution in [-0.2, 0) is 42.2 Å². The Kier molecular flexibility index (Phi) is 10.5. The monoisotopic (exact) mass is 720 g/mol. The van der Waals surface area contributed by atoms with Crippen molar-refractivity contribution in [2.75, 3.05) is 6.54 Å². The van der Waals surface area contributed by atoms with E-state index in [1.165, 1.54) is 0 Å². The number of carbonyl (C=O) groups excluding carboxylic acids is 1. The van der Waals surface area contributed by atoms with Crippen LogP contribution in [-0.4, -0.2) is 58.4 Å². The number of aliphatic carboxylic acids is 1. The minimum absolute atomic E-state index is 0.0560. The first-order chi connectivity index (χ1) is 22.3. The summed E-state index contributed by atoms with van der Waals surface area (Å²) in [5, 5.41) is 9.32. The number of aliphatic imine (C=N–C) groups is 1. The van der Waals surface area contributed by atoms with Gasteiger partial charge in [-0.3, -0.25) is 14.5 Å². The molecule has 0 aliphatic carbocycles. The van der Waals surface area contributed by atoms with Crippen LogP contribution in [0.25, 0.3) is 0 Å². The van der Waals surface area contributed by atoms with Gasteiger partial charge in [-0.15, -0.1) is 0 Å². The molecule has 2 unspecified atom stereocenters. The summed E-state index contributed by atoms with van der Waals surface area (Å²) in [7, 11) is -8.26. The van der Waals surface area contributed by atoms with E-state index in [2.05, 4.69) is 15.0 Å². The first-order valence-corrected chi connectivity index (χ1v) is 16.8. The second-order valence-electron chi connectivity index (χ2n) is 10.5. The second kappa shape index (κ2) is 13.9. The summed E-state index contributed by atoms with van der Waals surface area (Å²) in [6.07, 6.45) is -9.96. The number of carboxylic acids is 1. The molecular formula is C29H26F6N4O7S2. The van der Waals surface area contributed by atoms with Crippen molar-refractivity contribution in [3.63, 3.8) is 0 Å². The summed E-state index contributed by atoms with van der Waals surface area (Å²) in [5.41, 5.74) is 0.834. The van der Waals surface area contributed by atoms with E-state index in [1.807, 2.05) is 35.1 Å². The van der Waals surface area contributed by atoms with Crippen LogP contribution in [0.4, 0.5) is 26.3 Å². The van der Waals surface area contributed by atoms with E-state index < -0.39 is 66.0 Å². The van der Waals surface area contributed by atoms with Crippen molar-refractivity contribution in [3.05, 3.63) is 101 Å². The number of carboxylic acid groups (broad SMARTS) is 1. The summed E-state index contributed by atoms with van der Waals surface area (Å²) in [4.78, 5) is 24.5. The molecular weight excluding hydrogens is 694 g/mol. The number of carbonyl (C=O) groups is 2. The number of rotatable bonds is 8. The maximum Gasteiger partial charge on any atom is 0.490 e. The van der Waals surface area contributed by atoms with Crippen LogP contribution in [0.3, 0.4) is 0 Å². The molecule has 2 aliphatic rings. The van der Waals surface area contributed by atoms with E-state index in [0.717, 1.165) is 23.8 Å². The predicted molar refractivity (Wildman–Crippen MR) is 158 cm³/mol. The second-order valence-corrected chi connectivity index (χ2v) is 14.1. The van der Waals surface area contributed by atoms with Crippen LogP contribution in [0, 0.1) is 0 Å². The fourth-order valence-electron chi connectivity index (χ4n) is 4.78. The molecule has 0 bridgehead atoms. The maximum absolute atomic E-state index is 13.3. The van der Waals surface area contributed by atoms with E-state index in [-0.39, 0.29) is 18.9 Å². The number of hydrogen-bond donors (Lipinski definition) is 4. The van der Waals surface area contributed by atoms with E-state index >= 15 is 0 Å². The van der Waals surface area contributed by atoms with Crippen molar-refractivity contribution in [3.8, 4) is 0 Å². The summed E-state index contributed by atoms with van der Waals surface area (Å²) >= 11 is 0. The van der Waals surface area contributed by atoms with Crippen molar-refractivity contribution >= 4 is 37.8 Å². The Balaban J connectivity index is 0.000000671. The van der Waals surface area contributed by atoms with Crippen LogP contribution in [0.5, 0.6) is 0 Å². The zero-order valence-electron chi connectivity index (χ0n) is 24.3. The van der Waals surface area contributed by atoms with Gasteiger partial charge in [0.15, 0.2) is 0 Å². The molecule has 0 saturated carbocycles. The van der Waals surface area contributed by atoms with Crippen LogP contribution in [0.2, 0.25) is 0 Å². The van der Waals surface area contributed by atoms with Gasteiger partial charge in [-0.25, -0.2) is 26.4 Å². The molecule has 1 amide bonds. The number of hydrogen-bond acceptors (Lipinski definition) is 8. The summed E-state index contributed by atoms with van der Waals surface area (Å²) in [5.74, 6) is -3.04. The lowest BCUT2D eigenvalue weighted by atomic mass is 10.0. The van der Waals surface area contributed by atoms with Gasteiger partial charge in [0.2, 0.25) is 26.0 Å². The standard InChI is InChI=1S/C27H25F3N4O5S2.C2HF3O2/c28-27(29,30)20-7-4-8-21(14-20)40(36,37)33-22(26-31-16-23(32-26)18-5-2-1-3-6-18)13-17-9-11-19(12-10-17)24-15-25(35)34-41(24,38)39;3-2(4,5)1(6)7/h1-12,14,22-24,33H,13,15-16H2,(H,31,32)(H,34,35);(H,6,7)/t22?,23-,24?;/m1./s1. The maximum atomic E-state index is 13.3. The highest BCUT2D eigenvalue weighted by Crippen LogP contribution is 2.32. The Hall–Kier alpha value is -4.49. The molecule has 4 N–H and O–H groups in total. The van der Waals surface area contributed by atoms with E-state index in [4.69, 9.17) is 9.90 Å². The minimum atomic E-state index is -5.08. The van der Waals surface area contributed by atoms with Gasteiger partial charge in [0.05, 0.1) is 35.5 Å². The highest BCUT2D eigenvalue weighted by atomic mass is 32.2. The van der Waals surface area contributed by atoms with Crippen LogP contribution in [0.15, 0.2) is 88.8 Å². The largest absolute Gasteiger partial charge is 0.490 e. The lowest BCUT2D eigenvalue weighted by molar-refractivity contribution is -0.192. The third kappa shape index (κ3) is 9.10. The molecule has 1 fully saturated rings. The molecule has 2 heterocycles. The van der Waals surface area contributed by atoms with E-state index in [1.54, 1.807) is 24.3 Å². The molecule has 0 spiro atoms. The van der Waals surface area contributed by atoms with Gasteiger partial charge in [0.1, 0.15) is 11.1 Å². The Labute approximate surface area is 270 Å². The van der Waals surface area contributed by atoms with Crippen LogP contribution < -0.4 is 14.8 Å². The summed E-state index contributed by atoms with van der Waals surface area (Å²) in [6, 6.07) is 18.0. The average molecular weight is 721 g/mol. The number of amides is 1. The first-order valence-electron chi connectivity index (χ1n) is 13.7. The fraction of sp³-hybridized carbons (Fsp3) is 0.276. The Bertz CT molecular complexity index is 1900. The SMILES string of the molecule is O=C(O)C(F)(F)F.O=C1CC(c2ccc(CC(NS(=O)(=O)c3cccc(C(F)(F)F)c3)C3=NC[C@H](c4ccccc4)N3)cc2)S(=O)(=O)N1. The zero-order valence-corrected chi connectivity index (χ0v) is 25.9. The summed E-state index contributed by atoms with van der Waals surface area (Å²) in [6.45, 7) is 0.320. The van der Waals surface area contributed by atoms with Gasteiger partial charge in [-0.2, -0.15) is 26.3 Å². The van der Waals surface area contributed by atoms with Gasteiger partial charge in [0, 0.05) is 0 Å². The van der Waals surface area contributed by atoms with Gasteiger partial charge in [-0.05, 0) is 41.3 Å². The van der Waals surface area contributed by atoms with Crippen molar-refractivity contribution in [1.82, 2.24) is 14.8 Å². The van der Waals surface area contributed by atoms with Crippen molar-refractivity contribution < 1.29 is 57.9 Å². The molecule has 3 aromatic carbocycles. The number of nitrogens with zero attached hydrogens (tertiary/aromatic N) is 1. The van der Waals surface area contributed by atoms with Crippen molar-refractivity contribution in [1.29, 1.82) is 0 Å². The molecule has 5 rings (SSSR count). The minimum Gasteiger partial charge on any atom is -0.475 e. The molecule has 48 heavy (non-hydrogen) atoms. The highest BCUT2D eigenvalue weighted by Gasteiger charge is 2.39. The number of nitrogens with one attached hydrogen (secondary N) is 3. The molecule has 3 atom stereocenters. The molecule has 0 aromatic heterocycles. The Morgan fingerprint density at radius 2 is 1.58 bits per heavy atom. The number of alkyl halides is 6. The Morgan fingerprint density at radius 1 is 0.958 bits per heavy atom. The molecule has 1 saturated heterocycles. The lowest BCUT2D eigenvalue weighted by Gasteiger charge is -2.22. The Morgan fingerprint density at radius 3 is 2.12 bits per heavy atom. The van der Waals surface area contributed by atoms with Crippen molar-refractivity contribution in [2.24, 2.45) is 4.99 Å². The number of halogens is 6. The number of sulfonamides is 2. The van der Waals surface area contributed by atoms with Crippen LogP contribution in [0.1, 0.15) is 40.0 Å². The third-order valence-electron chi connectivity index (χ3n) is 7.10. The molecule has 2 aliphatic heterocycles. The molecule has 11 nitrogen and oxygen atoms in total. The lowest BCUT2D eigenvalue weighted by Crippen LogP contribution is -2.47. The zero-order chi connectivity index (χ0) is 35.5. The molecule has 19 heteroatoms. The quantitative estimate of drug-likeness (QED) is 0.254. The van der Waals surface area contributed by atoms with Gasteiger partial charge in [-0.1, -0.05) is 60.7 Å². The van der Waals surface area contributed by atoms with E-state index in [0.29, 0.717) is 29.6 Å². The van der Waals surface area contributed by atoms with Gasteiger partial charge >= 0.3 is 18.3 Å². The normalized spacial score (nSPS) is 19.7. The average Bonchev–Trinajstić information content (AvgIpc) is 3.61. The number of amidine groups is 1. The predicted octanol–water partition coefficient (Wildman–Crippen LogP) is 3.86. The smallest absolute Gasteiger partial charge is 0.475 e. The first kappa shape index (κ1) is 36.3. The molecule has 3 aromatic rings. The molecule has 258 valence electrons. The van der Waals surface area contributed by atoms with E-state index in [9.17, 15) is 48.0 Å². The highest BCUT2D eigenvalue weighted by molar-refractivity contribution is 7.90. The number of benzene rings is 3. The van der Waals surface area contributed by atoms with Crippen LogP contribution >= 0.6 is 0 Å². The van der Waals surface area contributed by atoms with Gasteiger partial charge < -0.3 is 10.4 Å². The van der Waals surface area contributed by atoms with Gasteiger partial charge in [0.25, 0.3) is 0 Å². The molecule has 0 radical (unpaired) electrons. The topological polar surface area (TPSA) is 171 Å².